The lowest BCUT2D eigenvalue weighted by molar-refractivity contribution is 0.583. The number of H-pyrrole nitrogens is 1. The van der Waals surface area contributed by atoms with E-state index in [0.717, 1.165) is 0 Å². The zero-order valence-electron chi connectivity index (χ0n) is 7.93. The summed E-state index contributed by atoms with van der Waals surface area (Å²) < 4.78 is 13.5. The van der Waals surface area contributed by atoms with E-state index in [1.807, 2.05) is 0 Å². The summed E-state index contributed by atoms with van der Waals surface area (Å²) in [4.78, 5) is 12.9. The third kappa shape index (κ3) is 1.96. The second-order valence-corrected chi connectivity index (χ2v) is 3.96. The molecule has 2 aromatic rings. The highest BCUT2D eigenvalue weighted by Crippen LogP contribution is 2.34. The van der Waals surface area contributed by atoms with Crippen LogP contribution >= 0.6 is 23.2 Å². The minimum absolute atomic E-state index is 0.176. The molecule has 0 spiro atoms. The molecular formula is C11H6Cl2FNO. The molecule has 0 amide bonds. The van der Waals surface area contributed by atoms with Crippen molar-refractivity contribution in [2.45, 2.75) is 0 Å². The van der Waals surface area contributed by atoms with Crippen molar-refractivity contribution in [1.29, 1.82) is 0 Å². The van der Waals surface area contributed by atoms with E-state index in [1.54, 1.807) is 18.2 Å². The maximum Gasteiger partial charge on any atom is 0.250 e. The van der Waals surface area contributed by atoms with Crippen LogP contribution in [-0.2, 0) is 0 Å². The van der Waals surface area contributed by atoms with Gasteiger partial charge in [-0.25, -0.2) is 0 Å². The van der Waals surface area contributed by atoms with Crippen molar-refractivity contribution in [3.05, 3.63) is 56.7 Å². The van der Waals surface area contributed by atoms with Gasteiger partial charge < -0.3 is 0 Å². The van der Waals surface area contributed by atoms with Gasteiger partial charge in [0, 0.05) is 17.2 Å². The fourth-order valence-corrected chi connectivity index (χ4v) is 2.00. The Balaban J connectivity index is 2.72. The van der Waals surface area contributed by atoms with Crippen LogP contribution in [0.3, 0.4) is 0 Å². The summed E-state index contributed by atoms with van der Waals surface area (Å²) in [5.74, 6) is -0.748. The third-order valence-electron chi connectivity index (χ3n) is 2.10. The van der Waals surface area contributed by atoms with E-state index in [1.165, 1.54) is 12.1 Å². The van der Waals surface area contributed by atoms with Gasteiger partial charge in [-0.15, -0.1) is 0 Å². The van der Waals surface area contributed by atoms with Crippen molar-refractivity contribution in [2.75, 3.05) is 0 Å². The van der Waals surface area contributed by atoms with Crippen LogP contribution in [-0.4, -0.2) is 4.98 Å². The number of aromatic nitrogens is 1. The Hall–Kier alpha value is -1.32. The predicted octanol–water partition coefficient (Wildman–Crippen LogP) is 3.49. The quantitative estimate of drug-likeness (QED) is 0.780. The van der Waals surface area contributed by atoms with E-state index in [9.17, 15) is 9.18 Å². The maximum absolute atomic E-state index is 13.5. The van der Waals surface area contributed by atoms with Crippen molar-refractivity contribution in [2.24, 2.45) is 0 Å². The third-order valence-corrected chi connectivity index (χ3v) is 2.73. The van der Waals surface area contributed by atoms with Gasteiger partial charge in [0.25, 0.3) is 0 Å². The molecule has 0 unspecified atom stereocenters. The number of pyridine rings is 1. The highest BCUT2D eigenvalue weighted by atomic mass is 35.5. The number of aromatic amines is 1. The first-order chi connectivity index (χ1) is 7.59. The Kier molecular flexibility index (Phi) is 2.99. The lowest BCUT2D eigenvalue weighted by atomic mass is 10.1. The summed E-state index contributed by atoms with van der Waals surface area (Å²) in [6.07, 6.45) is 0. The Labute approximate surface area is 101 Å². The van der Waals surface area contributed by atoms with Crippen LogP contribution in [0.1, 0.15) is 0 Å². The number of halogens is 3. The standard InChI is InChI=1S/C11H6Cl2FNO/c12-7-2-1-3-8(13)10(7)6-4-5-9(16)15-11(6)14/h1-5H,(H,15,16). The van der Waals surface area contributed by atoms with Gasteiger partial charge in [0.15, 0.2) is 0 Å². The minimum atomic E-state index is -0.748. The highest BCUT2D eigenvalue weighted by molar-refractivity contribution is 6.39. The van der Waals surface area contributed by atoms with Crippen LogP contribution in [0, 0.1) is 5.95 Å². The Bertz CT molecular complexity index is 575. The van der Waals surface area contributed by atoms with Crippen LogP contribution in [0.5, 0.6) is 0 Å². The molecule has 0 bridgehead atoms. The Morgan fingerprint density at radius 1 is 1.06 bits per heavy atom. The molecule has 1 aromatic carbocycles. The van der Waals surface area contributed by atoms with E-state index < -0.39 is 11.5 Å². The average molecular weight is 258 g/mol. The molecule has 1 aromatic heterocycles. The van der Waals surface area contributed by atoms with Crippen molar-refractivity contribution in [3.8, 4) is 11.1 Å². The Morgan fingerprint density at radius 3 is 2.25 bits per heavy atom. The second-order valence-electron chi connectivity index (χ2n) is 3.15. The molecule has 82 valence electrons. The van der Waals surface area contributed by atoms with E-state index in [4.69, 9.17) is 23.2 Å². The van der Waals surface area contributed by atoms with Crippen LogP contribution < -0.4 is 5.56 Å². The number of benzene rings is 1. The first-order valence-corrected chi connectivity index (χ1v) is 5.18. The molecule has 1 heterocycles. The zero-order chi connectivity index (χ0) is 11.7. The normalized spacial score (nSPS) is 10.4. The molecule has 0 aliphatic carbocycles. The molecule has 0 fully saturated rings. The number of hydrogen-bond donors (Lipinski definition) is 1. The smallest absolute Gasteiger partial charge is 0.250 e. The van der Waals surface area contributed by atoms with Gasteiger partial charge in [0.2, 0.25) is 11.5 Å². The molecule has 2 nitrogen and oxygen atoms in total. The summed E-state index contributed by atoms with van der Waals surface area (Å²) in [7, 11) is 0. The van der Waals surface area contributed by atoms with Gasteiger partial charge in [0.1, 0.15) is 0 Å². The molecule has 0 saturated carbocycles. The fourth-order valence-electron chi connectivity index (χ4n) is 1.40. The van der Waals surface area contributed by atoms with Crippen LogP contribution in [0.2, 0.25) is 10.0 Å². The summed E-state index contributed by atoms with van der Waals surface area (Å²) in [5.41, 5.74) is 0.0409. The van der Waals surface area contributed by atoms with E-state index in [0.29, 0.717) is 15.6 Å². The summed E-state index contributed by atoms with van der Waals surface area (Å²) in [6.45, 7) is 0. The molecule has 2 rings (SSSR count). The largest absolute Gasteiger partial charge is 0.298 e. The first kappa shape index (κ1) is 11.2. The van der Waals surface area contributed by atoms with Crippen LogP contribution in [0.4, 0.5) is 4.39 Å². The molecular weight excluding hydrogens is 252 g/mol. The van der Waals surface area contributed by atoms with Crippen LogP contribution in [0.25, 0.3) is 11.1 Å². The molecule has 16 heavy (non-hydrogen) atoms. The van der Waals surface area contributed by atoms with Gasteiger partial charge in [0.05, 0.1) is 10.0 Å². The molecule has 0 aliphatic heterocycles. The maximum atomic E-state index is 13.5. The molecule has 1 N–H and O–H groups in total. The van der Waals surface area contributed by atoms with E-state index >= 15 is 0 Å². The van der Waals surface area contributed by atoms with Gasteiger partial charge in [-0.1, -0.05) is 29.3 Å². The number of rotatable bonds is 1. The van der Waals surface area contributed by atoms with E-state index in [2.05, 4.69) is 4.98 Å². The van der Waals surface area contributed by atoms with Gasteiger partial charge >= 0.3 is 0 Å². The van der Waals surface area contributed by atoms with Gasteiger partial charge in [-0.2, -0.15) is 4.39 Å². The lowest BCUT2D eigenvalue weighted by Crippen LogP contribution is -2.06. The Morgan fingerprint density at radius 2 is 1.69 bits per heavy atom. The SMILES string of the molecule is O=c1ccc(-c2c(Cl)cccc2Cl)c(F)[nH]1. The molecule has 0 aliphatic rings. The molecule has 0 atom stereocenters. The van der Waals surface area contributed by atoms with Crippen molar-refractivity contribution in [1.82, 2.24) is 4.98 Å². The number of nitrogens with one attached hydrogen (secondary N) is 1. The highest BCUT2D eigenvalue weighted by Gasteiger charge is 2.12. The monoisotopic (exact) mass is 257 g/mol. The van der Waals surface area contributed by atoms with Gasteiger partial charge in [-0.3, -0.25) is 9.78 Å². The predicted molar refractivity (Wildman–Crippen MR) is 62.5 cm³/mol. The molecule has 0 radical (unpaired) electrons. The van der Waals surface area contributed by atoms with E-state index in [-0.39, 0.29) is 5.56 Å². The van der Waals surface area contributed by atoms with Crippen molar-refractivity contribution >= 4 is 23.2 Å². The number of hydrogen-bond acceptors (Lipinski definition) is 1. The summed E-state index contributed by atoms with van der Waals surface area (Å²) in [5, 5.41) is 0.664. The fraction of sp³-hybridized carbons (Fsp3) is 0. The first-order valence-electron chi connectivity index (χ1n) is 4.43. The van der Waals surface area contributed by atoms with Gasteiger partial charge in [-0.05, 0) is 18.2 Å². The lowest BCUT2D eigenvalue weighted by Gasteiger charge is -2.07. The van der Waals surface area contributed by atoms with Crippen molar-refractivity contribution < 1.29 is 4.39 Å². The summed E-state index contributed by atoms with van der Waals surface area (Å²) >= 11 is 11.9. The second kappa shape index (κ2) is 4.28. The average Bonchev–Trinajstić information content (AvgIpc) is 2.20. The topological polar surface area (TPSA) is 32.9 Å². The molecule has 5 heteroatoms. The molecule has 0 saturated heterocycles. The van der Waals surface area contributed by atoms with Crippen LogP contribution in [0.15, 0.2) is 35.1 Å². The zero-order valence-corrected chi connectivity index (χ0v) is 9.44. The minimum Gasteiger partial charge on any atom is -0.298 e. The summed E-state index contributed by atoms with van der Waals surface area (Å²) in [6, 6.07) is 7.44. The van der Waals surface area contributed by atoms with Crippen molar-refractivity contribution in [3.63, 3.8) is 0 Å².